The van der Waals surface area contributed by atoms with Crippen LogP contribution in [0.3, 0.4) is 0 Å². The zero-order valence-electron chi connectivity index (χ0n) is 24.7. The summed E-state index contributed by atoms with van der Waals surface area (Å²) in [6, 6.07) is 28.0. The second-order valence-electron chi connectivity index (χ2n) is 9.39. The van der Waals surface area contributed by atoms with Crippen molar-refractivity contribution in [2.24, 2.45) is 0 Å². The standard InChI is InChI=1S/2C16H20N2O2.CHCl3.Ce/c2*19-15-7-3-1-5-13(15)11-17-9-10-18-12-14-6-2-4-8-16(14)20;2-1(3)4;/h2*1-8,17-20H,9-12H2;1H;/q;;;+4/p-4. The van der Waals surface area contributed by atoms with Gasteiger partial charge >= 0.3 is 41.7 Å². The average molecular weight is 800 g/mol. The van der Waals surface area contributed by atoms with Gasteiger partial charge in [-0.15, -0.1) is 23.0 Å². The van der Waals surface area contributed by atoms with Crippen LogP contribution in [0.25, 0.3) is 0 Å². The van der Waals surface area contributed by atoms with Gasteiger partial charge in [-0.1, -0.05) is 132 Å². The molecule has 0 unspecified atom stereocenters. The molecular formula is C33H37CeCl3N4O4. The fourth-order valence-corrected chi connectivity index (χ4v) is 3.85. The summed E-state index contributed by atoms with van der Waals surface area (Å²) in [5.74, 6) is 0.253. The third-order valence-corrected chi connectivity index (χ3v) is 6.11. The molecule has 0 fully saturated rings. The summed E-state index contributed by atoms with van der Waals surface area (Å²) >= 11 is 14.4. The number of hydrogen-bond acceptors (Lipinski definition) is 8. The van der Waals surface area contributed by atoms with Crippen molar-refractivity contribution in [3.05, 3.63) is 119 Å². The predicted octanol–water partition coefficient (Wildman–Crippen LogP) is 3.41. The summed E-state index contributed by atoms with van der Waals surface area (Å²) in [7, 11) is 0. The van der Waals surface area contributed by atoms with Crippen molar-refractivity contribution < 1.29 is 62.2 Å². The maximum Gasteiger partial charge on any atom is 4.00 e. The first-order chi connectivity index (χ1) is 21.3. The van der Waals surface area contributed by atoms with Crippen LogP contribution >= 0.6 is 34.8 Å². The molecule has 0 aromatic heterocycles. The number of benzene rings is 4. The predicted molar refractivity (Wildman–Crippen MR) is 172 cm³/mol. The van der Waals surface area contributed by atoms with E-state index in [0.717, 1.165) is 48.4 Å². The third-order valence-electron chi connectivity index (χ3n) is 6.11. The number of alkyl halides is 3. The van der Waals surface area contributed by atoms with Crippen LogP contribution in [0.15, 0.2) is 97.1 Å². The van der Waals surface area contributed by atoms with E-state index >= 15 is 0 Å². The van der Waals surface area contributed by atoms with E-state index in [2.05, 4.69) is 21.3 Å². The van der Waals surface area contributed by atoms with Gasteiger partial charge < -0.3 is 41.7 Å². The second-order valence-corrected chi connectivity index (χ2v) is 11.4. The molecule has 0 bridgehead atoms. The van der Waals surface area contributed by atoms with Gasteiger partial charge in [0.2, 0.25) is 0 Å². The largest absolute Gasteiger partial charge is 4.00 e. The minimum absolute atomic E-state index is 0. The van der Waals surface area contributed by atoms with Crippen molar-refractivity contribution in [1.82, 2.24) is 21.3 Å². The Morgan fingerprint density at radius 2 is 0.578 bits per heavy atom. The number of nitrogens with one attached hydrogen (secondary N) is 4. The zero-order valence-corrected chi connectivity index (χ0v) is 30.1. The van der Waals surface area contributed by atoms with Crippen molar-refractivity contribution in [2.75, 3.05) is 26.2 Å². The normalized spacial score (nSPS) is 10.2. The Kier molecular flexibility index (Phi) is 23.1. The molecule has 4 N–H and O–H groups in total. The van der Waals surface area contributed by atoms with E-state index in [9.17, 15) is 20.4 Å². The van der Waals surface area contributed by atoms with Crippen molar-refractivity contribution >= 4 is 34.8 Å². The van der Waals surface area contributed by atoms with Crippen molar-refractivity contribution in [2.45, 2.75) is 30.5 Å². The monoisotopic (exact) mass is 798 g/mol. The summed E-state index contributed by atoms with van der Waals surface area (Å²) in [4.78, 5) is 0. The maximum absolute atomic E-state index is 11.5. The van der Waals surface area contributed by atoms with Crippen molar-refractivity contribution in [3.8, 4) is 23.0 Å². The van der Waals surface area contributed by atoms with Gasteiger partial charge in [0.15, 0.2) is 4.30 Å². The summed E-state index contributed by atoms with van der Waals surface area (Å²) in [5, 5.41) is 58.7. The topological polar surface area (TPSA) is 140 Å². The molecule has 4 aromatic carbocycles. The van der Waals surface area contributed by atoms with Gasteiger partial charge in [-0.25, -0.2) is 0 Å². The molecule has 0 heterocycles. The van der Waals surface area contributed by atoms with Crippen LogP contribution in [-0.4, -0.2) is 30.5 Å². The van der Waals surface area contributed by atoms with E-state index in [4.69, 9.17) is 34.8 Å². The molecule has 0 aliphatic heterocycles. The molecule has 0 aliphatic rings. The molecule has 4 rings (SSSR count). The van der Waals surface area contributed by atoms with Gasteiger partial charge in [0, 0.05) is 52.4 Å². The molecule has 12 heteroatoms. The molecule has 0 amide bonds. The van der Waals surface area contributed by atoms with Crippen molar-refractivity contribution in [1.29, 1.82) is 0 Å². The molecule has 4 aromatic rings. The average Bonchev–Trinajstić information content (AvgIpc) is 3.00. The van der Waals surface area contributed by atoms with Crippen LogP contribution in [0, 0.1) is 41.7 Å². The fourth-order valence-electron chi connectivity index (χ4n) is 3.85. The Morgan fingerprint density at radius 1 is 0.400 bits per heavy atom. The molecule has 0 saturated carbocycles. The quantitative estimate of drug-likeness (QED) is 0.113. The zero-order chi connectivity index (χ0) is 32.0. The smallest absolute Gasteiger partial charge is 0.872 e. The van der Waals surface area contributed by atoms with E-state index in [0.29, 0.717) is 26.2 Å². The van der Waals surface area contributed by atoms with Crippen LogP contribution in [0.2, 0.25) is 0 Å². The van der Waals surface area contributed by atoms with E-state index in [-0.39, 0.29) is 64.7 Å². The minimum Gasteiger partial charge on any atom is -0.872 e. The number of para-hydroxylation sites is 4. The van der Waals surface area contributed by atoms with Crippen LogP contribution in [0.5, 0.6) is 23.0 Å². The molecule has 45 heavy (non-hydrogen) atoms. The summed E-state index contributed by atoms with van der Waals surface area (Å²) in [5.41, 5.74) is 3.10. The van der Waals surface area contributed by atoms with Crippen molar-refractivity contribution in [3.63, 3.8) is 0 Å². The van der Waals surface area contributed by atoms with Crippen LogP contribution < -0.4 is 41.7 Å². The van der Waals surface area contributed by atoms with E-state index in [1.807, 2.05) is 48.5 Å². The van der Waals surface area contributed by atoms with E-state index in [1.54, 1.807) is 48.5 Å². The number of rotatable bonds is 14. The van der Waals surface area contributed by atoms with Gasteiger partial charge in [-0.2, -0.15) is 0 Å². The van der Waals surface area contributed by atoms with Gasteiger partial charge in [0.1, 0.15) is 0 Å². The van der Waals surface area contributed by atoms with E-state index < -0.39 is 4.30 Å². The molecular weight excluding hydrogens is 763 g/mol. The fraction of sp³-hybridized carbons (Fsp3) is 0.273. The molecule has 0 aliphatic carbocycles. The third kappa shape index (κ3) is 18.8. The first-order valence-corrected chi connectivity index (χ1v) is 15.3. The Hall–Kier alpha value is -1.83. The number of halogens is 3. The molecule has 0 saturated heterocycles. The minimum atomic E-state index is -0.750. The van der Waals surface area contributed by atoms with Gasteiger partial charge in [0.05, 0.1) is 0 Å². The molecule has 0 radical (unpaired) electrons. The number of hydrogen-bond donors (Lipinski definition) is 4. The molecule has 0 atom stereocenters. The van der Waals surface area contributed by atoms with E-state index in [1.165, 1.54) is 0 Å². The van der Waals surface area contributed by atoms with Gasteiger partial charge in [-0.3, -0.25) is 0 Å². The first-order valence-electron chi connectivity index (χ1n) is 14.0. The maximum atomic E-state index is 11.5. The Morgan fingerprint density at radius 3 is 0.756 bits per heavy atom. The van der Waals surface area contributed by atoms with Crippen LogP contribution in [0.4, 0.5) is 0 Å². The Bertz CT molecular complexity index is 1150. The first kappa shape index (κ1) is 41.2. The van der Waals surface area contributed by atoms with Crippen LogP contribution in [-0.2, 0) is 26.2 Å². The molecule has 238 valence electrons. The Balaban J connectivity index is 0.000000394. The van der Waals surface area contributed by atoms with Gasteiger partial charge in [-0.05, 0) is 22.3 Å². The van der Waals surface area contributed by atoms with Crippen LogP contribution in [0.1, 0.15) is 22.3 Å². The SMILES string of the molecule is ClC(Cl)Cl.[Ce+4].[O-]c1ccccc1CNCCNCc1ccccc1[O-].[O-]c1ccccc1CNCCNCc1ccccc1[O-]. The summed E-state index contributed by atoms with van der Waals surface area (Å²) < 4.78 is -0.750. The summed E-state index contributed by atoms with van der Waals surface area (Å²) in [6.07, 6.45) is 0. The van der Waals surface area contributed by atoms with Gasteiger partial charge in [0.25, 0.3) is 0 Å². The molecule has 8 nitrogen and oxygen atoms in total. The Labute approximate surface area is 314 Å². The second kappa shape index (κ2) is 25.3. The molecule has 0 spiro atoms. The summed E-state index contributed by atoms with van der Waals surface area (Å²) in [6.45, 7) is 5.26.